The quantitative estimate of drug-likeness (QED) is 0.643. The lowest BCUT2D eigenvalue weighted by molar-refractivity contribution is 0.0706. The van der Waals surface area contributed by atoms with Crippen LogP contribution in [-0.2, 0) is 0 Å². The first-order chi connectivity index (χ1) is 8.76. The third kappa shape index (κ3) is 2.33. The fourth-order valence-corrected chi connectivity index (χ4v) is 1.75. The van der Waals surface area contributed by atoms with Crippen molar-refractivity contribution in [1.29, 1.82) is 0 Å². The SMILES string of the molecule is COc1ccccc1-c1ccc(C(=O)NO)cc1. The first-order valence-electron chi connectivity index (χ1n) is 5.44. The molecule has 0 saturated carbocycles. The number of amides is 1. The third-order valence-electron chi connectivity index (χ3n) is 2.67. The highest BCUT2D eigenvalue weighted by molar-refractivity contribution is 5.93. The third-order valence-corrected chi connectivity index (χ3v) is 2.67. The van der Waals surface area contributed by atoms with Crippen LogP contribution >= 0.6 is 0 Å². The van der Waals surface area contributed by atoms with Crippen molar-refractivity contribution in [3.63, 3.8) is 0 Å². The maximum atomic E-state index is 11.2. The van der Waals surface area contributed by atoms with Crippen molar-refractivity contribution >= 4 is 5.91 Å². The highest BCUT2D eigenvalue weighted by Crippen LogP contribution is 2.29. The van der Waals surface area contributed by atoms with E-state index in [0.717, 1.165) is 16.9 Å². The molecule has 0 saturated heterocycles. The van der Waals surface area contributed by atoms with E-state index in [1.165, 1.54) is 0 Å². The Labute approximate surface area is 105 Å². The number of benzene rings is 2. The number of hydrogen-bond donors (Lipinski definition) is 2. The minimum Gasteiger partial charge on any atom is -0.496 e. The van der Waals surface area contributed by atoms with Crippen LogP contribution in [-0.4, -0.2) is 18.2 Å². The Hall–Kier alpha value is -2.33. The Morgan fingerprint density at radius 3 is 2.39 bits per heavy atom. The molecule has 4 heteroatoms. The Kier molecular flexibility index (Phi) is 3.60. The number of ether oxygens (including phenoxy) is 1. The maximum Gasteiger partial charge on any atom is 0.274 e. The Balaban J connectivity index is 2.37. The van der Waals surface area contributed by atoms with Gasteiger partial charge in [-0.2, -0.15) is 0 Å². The predicted octanol–water partition coefficient (Wildman–Crippen LogP) is 2.48. The van der Waals surface area contributed by atoms with Gasteiger partial charge in [0, 0.05) is 11.1 Å². The second-order valence-corrected chi connectivity index (χ2v) is 3.72. The summed E-state index contributed by atoms with van der Waals surface area (Å²) in [6.07, 6.45) is 0. The van der Waals surface area contributed by atoms with E-state index in [1.807, 2.05) is 36.4 Å². The lowest BCUT2D eigenvalue weighted by Crippen LogP contribution is -2.18. The van der Waals surface area contributed by atoms with Gasteiger partial charge in [-0.1, -0.05) is 30.3 Å². The monoisotopic (exact) mass is 243 g/mol. The minimum atomic E-state index is -0.526. The van der Waals surface area contributed by atoms with Crippen LogP contribution in [0.1, 0.15) is 10.4 Å². The van der Waals surface area contributed by atoms with Crippen molar-refractivity contribution in [2.45, 2.75) is 0 Å². The van der Waals surface area contributed by atoms with Crippen LogP contribution in [0.5, 0.6) is 5.75 Å². The van der Waals surface area contributed by atoms with Crippen molar-refractivity contribution in [2.75, 3.05) is 7.11 Å². The number of hydroxylamine groups is 1. The molecule has 2 rings (SSSR count). The summed E-state index contributed by atoms with van der Waals surface area (Å²) in [4.78, 5) is 11.2. The molecule has 4 nitrogen and oxygen atoms in total. The topological polar surface area (TPSA) is 58.6 Å². The average molecular weight is 243 g/mol. The van der Waals surface area contributed by atoms with Gasteiger partial charge in [-0.05, 0) is 23.8 Å². The van der Waals surface area contributed by atoms with E-state index >= 15 is 0 Å². The van der Waals surface area contributed by atoms with Gasteiger partial charge in [0.1, 0.15) is 5.75 Å². The molecule has 2 aromatic rings. The van der Waals surface area contributed by atoms with Gasteiger partial charge in [-0.3, -0.25) is 10.0 Å². The van der Waals surface area contributed by atoms with E-state index in [0.29, 0.717) is 5.56 Å². The molecule has 0 bridgehead atoms. The minimum absolute atomic E-state index is 0.399. The van der Waals surface area contributed by atoms with Gasteiger partial charge in [0.25, 0.3) is 5.91 Å². The number of rotatable bonds is 3. The summed E-state index contributed by atoms with van der Waals surface area (Å²) in [5, 5.41) is 8.54. The second kappa shape index (κ2) is 5.33. The molecule has 1 amide bonds. The van der Waals surface area contributed by atoms with Crippen LogP contribution in [0.2, 0.25) is 0 Å². The molecule has 0 heterocycles. The molecule has 0 aliphatic rings. The van der Waals surface area contributed by atoms with Crippen molar-refractivity contribution in [3.8, 4) is 16.9 Å². The zero-order valence-corrected chi connectivity index (χ0v) is 9.88. The largest absolute Gasteiger partial charge is 0.496 e. The molecule has 0 fully saturated rings. The van der Waals surface area contributed by atoms with Crippen molar-refractivity contribution < 1.29 is 14.7 Å². The first-order valence-corrected chi connectivity index (χ1v) is 5.44. The van der Waals surface area contributed by atoms with Crippen molar-refractivity contribution in [2.24, 2.45) is 0 Å². The van der Waals surface area contributed by atoms with Crippen molar-refractivity contribution in [1.82, 2.24) is 5.48 Å². The van der Waals surface area contributed by atoms with Crippen LogP contribution in [0.4, 0.5) is 0 Å². The van der Waals surface area contributed by atoms with Gasteiger partial charge < -0.3 is 4.74 Å². The summed E-state index contributed by atoms with van der Waals surface area (Å²) in [5.41, 5.74) is 3.90. The molecule has 2 N–H and O–H groups in total. The number of carbonyl (C=O) groups excluding carboxylic acids is 1. The summed E-state index contributed by atoms with van der Waals surface area (Å²) in [7, 11) is 1.62. The van der Waals surface area contributed by atoms with E-state index in [2.05, 4.69) is 0 Å². The molecule has 0 radical (unpaired) electrons. The second-order valence-electron chi connectivity index (χ2n) is 3.72. The van der Waals surface area contributed by atoms with Crippen LogP contribution in [0.25, 0.3) is 11.1 Å². The summed E-state index contributed by atoms with van der Waals surface area (Å²) >= 11 is 0. The Morgan fingerprint density at radius 1 is 1.11 bits per heavy atom. The number of methoxy groups -OCH3 is 1. The van der Waals surface area contributed by atoms with Crippen LogP contribution in [0.3, 0.4) is 0 Å². The van der Waals surface area contributed by atoms with Gasteiger partial charge in [-0.15, -0.1) is 0 Å². The number of nitrogens with one attached hydrogen (secondary N) is 1. The molecule has 0 spiro atoms. The van der Waals surface area contributed by atoms with Crippen LogP contribution in [0, 0.1) is 0 Å². The van der Waals surface area contributed by atoms with Gasteiger partial charge in [-0.25, -0.2) is 5.48 Å². The molecule has 0 atom stereocenters. The van der Waals surface area contributed by atoms with E-state index in [1.54, 1.807) is 24.7 Å². The van der Waals surface area contributed by atoms with E-state index < -0.39 is 5.91 Å². The summed E-state index contributed by atoms with van der Waals surface area (Å²) < 4.78 is 5.28. The Bertz CT molecular complexity index is 549. The van der Waals surface area contributed by atoms with Gasteiger partial charge in [0.2, 0.25) is 0 Å². The smallest absolute Gasteiger partial charge is 0.274 e. The normalized spacial score (nSPS) is 9.89. The molecule has 2 aromatic carbocycles. The molecular formula is C14H13NO3. The van der Waals surface area contributed by atoms with E-state index in [-0.39, 0.29) is 0 Å². The van der Waals surface area contributed by atoms with Crippen LogP contribution < -0.4 is 10.2 Å². The van der Waals surface area contributed by atoms with Crippen LogP contribution in [0.15, 0.2) is 48.5 Å². The summed E-state index contributed by atoms with van der Waals surface area (Å²) in [5.74, 6) is 0.249. The van der Waals surface area contributed by atoms with E-state index in [4.69, 9.17) is 9.94 Å². The molecule has 0 aliphatic heterocycles. The standard InChI is InChI=1S/C14H13NO3/c1-18-13-5-3-2-4-12(13)10-6-8-11(9-7-10)14(16)15-17/h2-9,17H,1H3,(H,15,16). The van der Waals surface area contributed by atoms with E-state index in [9.17, 15) is 4.79 Å². The molecule has 92 valence electrons. The highest BCUT2D eigenvalue weighted by atomic mass is 16.5. The van der Waals surface area contributed by atoms with Gasteiger partial charge in [0.05, 0.1) is 7.11 Å². The molecule has 0 unspecified atom stereocenters. The molecule has 0 aromatic heterocycles. The fourth-order valence-electron chi connectivity index (χ4n) is 1.75. The Morgan fingerprint density at radius 2 is 1.78 bits per heavy atom. The average Bonchev–Trinajstić information content (AvgIpc) is 2.46. The molecule has 18 heavy (non-hydrogen) atoms. The predicted molar refractivity (Wildman–Crippen MR) is 67.7 cm³/mol. The zero-order chi connectivity index (χ0) is 13.0. The zero-order valence-electron chi connectivity index (χ0n) is 9.88. The number of carbonyl (C=O) groups is 1. The first kappa shape index (κ1) is 12.1. The maximum absolute atomic E-state index is 11.2. The fraction of sp³-hybridized carbons (Fsp3) is 0.0714. The molecular weight excluding hydrogens is 230 g/mol. The lowest BCUT2D eigenvalue weighted by atomic mass is 10.0. The number of para-hydroxylation sites is 1. The van der Waals surface area contributed by atoms with Crippen molar-refractivity contribution in [3.05, 3.63) is 54.1 Å². The molecule has 0 aliphatic carbocycles. The number of hydrogen-bond acceptors (Lipinski definition) is 3. The summed E-state index contributed by atoms with van der Waals surface area (Å²) in [6.45, 7) is 0. The summed E-state index contributed by atoms with van der Waals surface area (Å²) in [6, 6.07) is 14.6. The van der Waals surface area contributed by atoms with Gasteiger partial charge in [0.15, 0.2) is 0 Å². The highest BCUT2D eigenvalue weighted by Gasteiger charge is 2.07. The lowest BCUT2D eigenvalue weighted by Gasteiger charge is -2.08. The van der Waals surface area contributed by atoms with Gasteiger partial charge >= 0.3 is 0 Å².